The van der Waals surface area contributed by atoms with Crippen LogP contribution in [0.3, 0.4) is 0 Å². The largest absolute Gasteiger partial charge is 0.482 e. The Kier molecular flexibility index (Phi) is 5.42. The summed E-state index contributed by atoms with van der Waals surface area (Å²) < 4.78 is 10.4. The highest BCUT2D eigenvalue weighted by Gasteiger charge is 2.27. The number of benzene rings is 1. The number of nitrogens with two attached hydrogens (primary N) is 1. The van der Waals surface area contributed by atoms with Gasteiger partial charge in [0.15, 0.2) is 11.6 Å². The van der Waals surface area contributed by atoms with Gasteiger partial charge in [-0.2, -0.15) is 10.2 Å². The van der Waals surface area contributed by atoms with E-state index in [9.17, 15) is 0 Å². The predicted molar refractivity (Wildman–Crippen MR) is 135 cm³/mol. The molecular weight excluding hydrogens is 424 g/mol. The van der Waals surface area contributed by atoms with Crippen LogP contribution < -0.4 is 10.5 Å². The Bertz CT molecular complexity index is 1380. The number of aromatic nitrogens is 5. The molecule has 0 saturated carbocycles. The first-order valence-corrected chi connectivity index (χ1v) is 11.9. The van der Waals surface area contributed by atoms with Crippen molar-refractivity contribution < 1.29 is 4.74 Å². The summed E-state index contributed by atoms with van der Waals surface area (Å²) in [6.45, 7) is 11.4. The minimum Gasteiger partial charge on any atom is -0.482 e. The van der Waals surface area contributed by atoms with E-state index in [4.69, 9.17) is 20.7 Å². The number of ether oxygens (including phenoxy) is 1. The van der Waals surface area contributed by atoms with E-state index in [-0.39, 0.29) is 12.0 Å². The Hall–Kier alpha value is -3.61. The highest BCUT2D eigenvalue weighted by Crippen LogP contribution is 2.40. The molecular formula is C27H32N6O. The summed E-state index contributed by atoms with van der Waals surface area (Å²) in [5, 5.41) is 9.92. The van der Waals surface area contributed by atoms with Crippen LogP contribution in [0.1, 0.15) is 67.7 Å². The van der Waals surface area contributed by atoms with Gasteiger partial charge in [0.05, 0.1) is 17.1 Å². The van der Waals surface area contributed by atoms with Crippen LogP contribution in [0.25, 0.3) is 22.5 Å². The maximum atomic E-state index is 6.45. The molecule has 0 amide bonds. The van der Waals surface area contributed by atoms with Crippen LogP contribution in [-0.4, -0.2) is 24.5 Å². The molecule has 1 atom stereocenters. The Labute approximate surface area is 200 Å². The van der Waals surface area contributed by atoms with Crippen LogP contribution in [-0.2, 0) is 20.0 Å². The quantitative estimate of drug-likeness (QED) is 0.435. The second kappa shape index (κ2) is 8.31. The monoisotopic (exact) mass is 456 g/mol. The minimum atomic E-state index is -0.231. The summed E-state index contributed by atoms with van der Waals surface area (Å²) in [6, 6.07) is 8.47. The first-order valence-electron chi connectivity index (χ1n) is 11.9. The zero-order valence-electron chi connectivity index (χ0n) is 20.8. The number of pyridine rings is 1. The molecule has 0 radical (unpaired) electrons. The van der Waals surface area contributed by atoms with Crippen molar-refractivity contribution in [3.63, 3.8) is 0 Å². The van der Waals surface area contributed by atoms with E-state index >= 15 is 0 Å². The summed E-state index contributed by atoms with van der Waals surface area (Å²) >= 11 is 0. The van der Waals surface area contributed by atoms with Gasteiger partial charge in [-0.05, 0) is 32.8 Å². The molecule has 5 rings (SSSR count). The fraction of sp³-hybridized carbons (Fsp3) is 0.370. The second-order valence-electron chi connectivity index (χ2n) is 9.49. The third-order valence-electron chi connectivity index (χ3n) is 6.56. The number of nitrogens with zero attached hydrogens (tertiary/aromatic N) is 5. The fourth-order valence-electron chi connectivity index (χ4n) is 4.96. The van der Waals surface area contributed by atoms with Crippen LogP contribution in [0.15, 0.2) is 36.7 Å². The summed E-state index contributed by atoms with van der Waals surface area (Å²) in [5.41, 5.74) is 16.1. The maximum Gasteiger partial charge on any atom is 0.166 e. The SMILES string of the molecule is CCn1nc(C(C)C)c2c1-c1cnc(N)c(c1)OC(C)c1cc(C)ccc1-c1nn(C)cc1C2. The van der Waals surface area contributed by atoms with Crippen LogP contribution in [0.4, 0.5) is 5.82 Å². The minimum absolute atomic E-state index is 0.231. The molecule has 4 aromatic rings. The summed E-state index contributed by atoms with van der Waals surface area (Å²) in [4.78, 5) is 4.51. The number of aryl methyl sites for hydroxylation is 3. The second-order valence-corrected chi connectivity index (χ2v) is 9.49. The van der Waals surface area contributed by atoms with Gasteiger partial charge in [-0.15, -0.1) is 0 Å². The lowest BCUT2D eigenvalue weighted by Crippen LogP contribution is -2.10. The molecule has 0 aliphatic carbocycles. The van der Waals surface area contributed by atoms with Crippen molar-refractivity contribution >= 4 is 5.82 Å². The number of anilines is 1. The summed E-state index contributed by atoms with van der Waals surface area (Å²) in [6.07, 6.45) is 4.46. The lowest BCUT2D eigenvalue weighted by molar-refractivity contribution is 0.228. The average Bonchev–Trinajstić information content (AvgIpc) is 3.35. The Morgan fingerprint density at radius 2 is 2.00 bits per heavy atom. The molecule has 1 unspecified atom stereocenters. The van der Waals surface area contributed by atoms with Gasteiger partial charge < -0.3 is 10.5 Å². The Morgan fingerprint density at radius 1 is 1.21 bits per heavy atom. The van der Waals surface area contributed by atoms with Gasteiger partial charge in [-0.3, -0.25) is 9.36 Å². The summed E-state index contributed by atoms with van der Waals surface area (Å²) in [5.74, 6) is 1.25. The van der Waals surface area contributed by atoms with E-state index in [2.05, 4.69) is 68.7 Å². The fourth-order valence-corrected chi connectivity index (χ4v) is 4.96. The first kappa shape index (κ1) is 22.2. The Balaban J connectivity index is 1.85. The molecule has 176 valence electrons. The number of hydrogen-bond acceptors (Lipinski definition) is 5. The average molecular weight is 457 g/mol. The van der Waals surface area contributed by atoms with Gasteiger partial charge >= 0.3 is 0 Å². The van der Waals surface area contributed by atoms with E-state index in [0.29, 0.717) is 11.6 Å². The normalized spacial score (nSPS) is 15.1. The molecule has 0 spiro atoms. The molecule has 1 aromatic carbocycles. The topological polar surface area (TPSA) is 83.8 Å². The van der Waals surface area contributed by atoms with Crippen molar-refractivity contribution in [3.05, 3.63) is 64.6 Å². The first-order chi connectivity index (χ1) is 16.3. The lowest BCUT2D eigenvalue weighted by Gasteiger charge is -2.21. The molecule has 3 aromatic heterocycles. The standard InChI is InChI=1S/C27H32N6O/c1-7-33-26-18-12-23(27(28)29-13-18)34-17(5)21-10-16(4)8-9-20(21)25-19(14-32(6)30-25)11-22(26)24(31-33)15(2)3/h8-10,12-15,17H,7,11H2,1-6H3,(H2,28,29). The third kappa shape index (κ3) is 3.65. The Morgan fingerprint density at radius 3 is 2.74 bits per heavy atom. The molecule has 4 heterocycles. The number of fused-ring (bicyclic) bond motifs is 7. The van der Waals surface area contributed by atoms with Crippen molar-refractivity contribution in [2.24, 2.45) is 7.05 Å². The van der Waals surface area contributed by atoms with Gasteiger partial charge in [-0.1, -0.05) is 37.6 Å². The van der Waals surface area contributed by atoms with Crippen molar-refractivity contribution in [2.45, 2.75) is 59.6 Å². The highest BCUT2D eigenvalue weighted by molar-refractivity contribution is 5.72. The molecule has 7 nitrogen and oxygen atoms in total. The molecule has 2 N–H and O–H groups in total. The lowest BCUT2D eigenvalue weighted by atomic mass is 9.91. The van der Waals surface area contributed by atoms with Crippen molar-refractivity contribution in [3.8, 4) is 28.3 Å². The van der Waals surface area contributed by atoms with Crippen LogP contribution in [0.2, 0.25) is 0 Å². The van der Waals surface area contributed by atoms with E-state index < -0.39 is 0 Å². The van der Waals surface area contributed by atoms with Crippen molar-refractivity contribution in [2.75, 3.05) is 5.73 Å². The molecule has 0 fully saturated rings. The molecule has 1 aliphatic heterocycles. The summed E-state index contributed by atoms with van der Waals surface area (Å²) in [7, 11) is 1.98. The highest BCUT2D eigenvalue weighted by atomic mass is 16.5. The van der Waals surface area contributed by atoms with Gasteiger partial charge in [0.2, 0.25) is 0 Å². The molecule has 34 heavy (non-hydrogen) atoms. The zero-order valence-corrected chi connectivity index (χ0v) is 20.8. The van der Waals surface area contributed by atoms with Crippen molar-refractivity contribution in [1.82, 2.24) is 24.5 Å². The van der Waals surface area contributed by atoms with Gasteiger partial charge in [0, 0.05) is 60.2 Å². The van der Waals surface area contributed by atoms with E-state index in [1.165, 1.54) is 16.7 Å². The number of rotatable bonds is 2. The predicted octanol–water partition coefficient (Wildman–Crippen LogP) is 5.42. The number of hydrogen-bond donors (Lipinski definition) is 1. The maximum absolute atomic E-state index is 6.45. The third-order valence-corrected chi connectivity index (χ3v) is 6.56. The molecule has 0 saturated heterocycles. The van der Waals surface area contributed by atoms with Crippen LogP contribution >= 0.6 is 0 Å². The van der Waals surface area contributed by atoms with Gasteiger partial charge in [0.25, 0.3) is 0 Å². The van der Waals surface area contributed by atoms with E-state index in [1.807, 2.05) is 24.0 Å². The van der Waals surface area contributed by atoms with Gasteiger partial charge in [0.1, 0.15) is 6.10 Å². The van der Waals surface area contributed by atoms with Crippen molar-refractivity contribution in [1.29, 1.82) is 0 Å². The molecule has 7 heteroatoms. The van der Waals surface area contributed by atoms with Gasteiger partial charge in [-0.25, -0.2) is 4.98 Å². The van der Waals surface area contributed by atoms with E-state index in [0.717, 1.165) is 46.7 Å². The van der Waals surface area contributed by atoms with Crippen LogP contribution in [0.5, 0.6) is 5.75 Å². The smallest absolute Gasteiger partial charge is 0.166 e. The number of nitrogen functional groups attached to an aromatic ring is 1. The van der Waals surface area contributed by atoms with Crippen LogP contribution in [0, 0.1) is 6.92 Å². The molecule has 1 aliphatic rings. The molecule has 2 bridgehead atoms. The van der Waals surface area contributed by atoms with E-state index in [1.54, 1.807) is 0 Å². The zero-order chi connectivity index (χ0) is 24.1.